The molecule has 0 saturated heterocycles. The van der Waals surface area contributed by atoms with Gasteiger partial charge in [-0.2, -0.15) is 0 Å². The first-order valence-corrected chi connectivity index (χ1v) is 7.97. The standard InChI is InChI=1S/C17H32/c1-7-14-13(6)16(14)8-11(4)15-9-12(5)17(15)10(2)3/h10-17H,7-9H2,1-6H3. The minimum absolute atomic E-state index is 0.893. The first-order chi connectivity index (χ1) is 7.97. The highest BCUT2D eigenvalue weighted by Crippen LogP contribution is 2.56. The Morgan fingerprint density at radius 1 is 1.06 bits per heavy atom. The van der Waals surface area contributed by atoms with Crippen LogP contribution in [0.3, 0.4) is 0 Å². The Morgan fingerprint density at radius 2 is 1.71 bits per heavy atom. The second-order valence-corrected chi connectivity index (χ2v) is 7.51. The van der Waals surface area contributed by atoms with Gasteiger partial charge in [-0.05, 0) is 60.2 Å². The molecule has 2 rings (SSSR count). The van der Waals surface area contributed by atoms with Gasteiger partial charge in [0.15, 0.2) is 0 Å². The molecule has 17 heavy (non-hydrogen) atoms. The van der Waals surface area contributed by atoms with E-state index in [1.165, 1.54) is 19.3 Å². The molecule has 0 aromatic carbocycles. The van der Waals surface area contributed by atoms with Gasteiger partial charge in [-0.25, -0.2) is 0 Å². The van der Waals surface area contributed by atoms with Crippen LogP contribution >= 0.6 is 0 Å². The molecule has 0 bridgehead atoms. The lowest BCUT2D eigenvalue weighted by Crippen LogP contribution is -2.42. The topological polar surface area (TPSA) is 0 Å². The molecule has 2 fully saturated rings. The summed E-state index contributed by atoms with van der Waals surface area (Å²) >= 11 is 0. The van der Waals surface area contributed by atoms with Crippen molar-refractivity contribution in [3.63, 3.8) is 0 Å². The molecule has 0 heteroatoms. The second kappa shape index (κ2) is 4.94. The van der Waals surface area contributed by atoms with Crippen LogP contribution in [-0.2, 0) is 0 Å². The summed E-state index contributed by atoms with van der Waals surface area (Å²) in [5.74, 6) is 8.06. The van der Waals surface area contributed by atoms with Crippen molar-refractivity contribution in [2.24, 2.45) is 47.3 Å². The molecule has 0 amide bonds. The van der Waals surface area contributed by atoms with E-state index in [0.717, 1.165) is 47.3 Å². The molecule has 7 atom stereocenters. The quantitative estimate of drug-likeness (QED) is 0.613. The van der Waals surface area contributed by atoms with Gasteiger partial charge in [-0.3, -0.25) is 0 Å². The molecule has 7 unspecified atom stereocenters. The lowest BCUT2D eigenvalue weighted by molar-refractivity contribution is 0.000515. The molecule has 0 radical (unpaired) electrons. The molecule has 0 aliphatic heterocycles. The first-order valence-electron chi connectivity index (χ1n) is 7.97. The highest BCUT2D eigenvalue weighted by molar-refractivity contribution is 4.97. The monoisotopic (exact) mass is 236 g/mol. The van der Waals surface area contributed by atoms with Gasteiger partial charge in [0.05, 0.1) is 0 Å². The van der Waals surface area contributed by atoms with Crippen LogP contribution in [-0.4, -0.2) is 0 Å². The predicted molar refractivity (Wildman–Crippen MR) is 75.8 cm³/mol. The Labute approximate surface area is 109 Å². The highest BCUT2D eigenvalue weighted by atomic mass is 14.5. The smallest absolute Gasteiger partial charge is 0.0334 e. The van der Waals surface area contributed by atoms with Crippen LogP contribution in [0, 0.1) is 47.3 Å². The van der Waals surface area contributed by atoms with Crippen molar-refractivity contribution < 1.29 is 0 Å². The van der Waals surface area contributed by atoms with Gasteiger partial charge in [-0.15, -0.1) is 0 Å². The van der Waals surface area contributed by atoms with Gasteiger partial charge in [0, 0.05) is 0 Å². The molecule has 2 aliphatic rings. The Kier molecular flexibility index (Phi) is 3.90. The normalized spacial score (nSPS) is 46.8. The van der Waals surface area contributed by atoms with Crippen LogP contribution in [0.2, 0.25) is 0 Å². The van der Waals surface area contributed by atoms with Crippen LogP contribution < -0.4 is 0 Å². The third-order valence-electron chi connectivity index (χ3n) is 6.17. The summed E-state index contributed by atoms with van der Waals surface area (Å²) in [4.78, 5) is 0. The van der Waals surface area contributed by atoms with E-state index in [4.69, 9.17) is 0 Å². The van der Waals surface area contributed by atoms with Crippen molar-refractivity contribution in [2.45, 2.75) is 60.8 Å². The number of rotatable bonds is 5. The molecule has 0 aromatic rings. The van der Waals surface area contributed by atoms with E-state index in [1.54, 1.807) is 0 Å². The fourth-order valence-corrected chi connectivity index (χ4v) is 5.04. The van der Waals surface area contributed by atoms with Crippen molar-refractivity contribution in [3.8, 4) is 0 Å². The molecule has 100 valence electrons. The maximum Gasteiger partial charge on any atom is -0.0334 e. The minimum Gasteiger partial charge on any atom is -0.0651 e. The van der Waals surface area contributed by atoms with Crippen LogP contribution in [0.1, 0.15) is 60.8 Å². The van der Waals surface area contributed by atoms with Crippen molar-refractivity contribution in [3.05, 3.63) is 0 Å². The SMILES string of the molecule is CCC1C(C)C1CC(C)C1CC(C)C1C(C)C. The summed E-state index contributed by atoms with van der Waals surface area (Å²) in [5, 5.41) is 0. The van der Waals surface area contributed by atoms with E-state index in [-0.39, 0.29) is 0 Å². The van der Waals surface area contributed by atoms with Gasteiger partial charge in [-0.1, -0.05) is 48.0 Å². The zero-order chi connectivity index (χ0) is 12.7. The minimum atomic E-state index is 0.893. The molecule has 0 spiro atoms. The summed E-state index contributed by atoms with van der Waals surface area (Å²) in [5.41, 5.74) is 0. The Morgan fingerprint density at radius 3 is 2.12 bits per heavy atom. The van der Waals surface area contributed by atoms with Gasteiger partial charge in [0.1, 0.15) is 0 Å². The molecule has 2 aliphatic carbocycles. The number of hydrogen-bond donors (Lipinski definition) is 0. The van der Waals surface area contributed by atoms with Gasteiger partial charge < -0.3 is 0 Å². The fraction of sp³-hybridized carbons (Fsp3) is 1.00. The zero-order valence-electron chi connectivity index (χ0n) is 12.7. The van der Waals surface area contributed by atoms with Crippen LogP contribution in [0.4, 0.5) is 0 Å². The van der Waals surface area contributed by atoms with Crippen molar-refractivity contribution in [2.75, 3.05) is 0 Å². The summed E-state index contributed by atoms with van der Waals surface area (Å²) in [6.45, 7) is 14.7. The highest BCUT2D eigenvalue weighted by Gasteiger charge is 2.48. The van der Waals surface area contributed by atoms with Crippen LogP contribution in [0.5, 0.6) is 0 Å². The Balaban J connectivity index is 1.83. The Bertz CT molecular complexity index is 250. The summed E-state index contributed by atoms with van der Waals surface area (Å²) in [7, 11) is 0. The fourth-order valence-electron chi connectivity index (χ4n) is 5.04. The van der Waals surface area contributed by atoms with E-state index in [1.807, 2.05) is 0 Å². The van der Waals surface area contributed by atoms with Gasteiger partial charge in [0.2, 0.25) is 0 Å². The van der Waals surface area contributed by atoms with Gasteiger partial charge in [0.25, 0.3) is 0 Å². The molecule has 0 N–H and O–H groups in total. The maximum atomic E-state index is 2.53. The summed E-state index contributed by atoms with van der Waals surface area (Å²) in [6, 6.07) is 0. The second-order valence-electron chi connectivity index (χ2n) is 7.51. The van der Waals surface area contributed by atoms with Crippen molar-refractivity contribution in [1.29, 1.82) is 0 Å². The molecule has 2 saturated carbocycles. The number of hydrogen-bond acceptors (Lipinski definition) is 0. The maximum absolute atomic E-state index is 2.53. The van der Waals surface area contributed by atoms with E-state index in [2.05, 4.69) is 41.5 Å². The lowest BCUT2D eigenvalue weighted by Gasteiger charge is -2.49. The molecular weight excluding hydrogens is 204 g/mol. The summed E-state index contributed by atoms with van der Waals surface area (Å²) < 4.78 is 0. The average molecular weight is 236 g/mol. The van der Waals surface area contributed by atoms with E-state index in [0.29, 0.717) is 0 Å². The van der Waals surface area contributed by atoms with E-state index < -0.39 is 0 Å². The third-order valence-corrected chi connectivity index (χ3v) is 6.17. The molecular formula is C17H32. The lowest BCUT2D eigenvalue weighted by atomic mass is 9.56. The van der Waals surface area contributed by atoms with Crippen LogP contribution in [0.15, 0.2) is 0 Å². The third kappa shape index (κ3) is 2.42. The first kappa shape index (κ1) is 13.4. The molecule has 0 heterocycles. The van der Waals surface area contributed by atoms with E-state index >= 15 is 0 Å². The van der Waals surface area contributed by atoms with Crippen molar-refractivity contribution >= 4 is 0 Å². The van der Waals surface area contributed by atoms with E-state index in [9.17, 15) is 0 Å². The molecule has 0 aromatic heterocycles. The molecule has 0 nitrogen and oxygen atoms in total. The summed E-state index contributed by atoms with van der Waals surface area (Å²) in [6.07, 6.45) is 4.43. The van der Waals surface area contributed by atoms with Gasteiger partial charge >= 0.3 is 0 Å². The largest absolute Gasteiger partial charge is 0.0651 e. The Hall–Kier alpha value is 0. The van der Waals surface area contributed by atoms with Crippen LogP contribution in [0.25, 0.3) is 0 Å². The predicted octanol–water partition coefficient (Wildman–Crippen LogP) is 5.23. The zero-order valence-corrected chi connectivity index (χ0v) is 12.7. The average Bonchev–Trinajstić information content (AvgIpc) is 2.83. The van der Waals surface area contributed by atoms with Crippen molar-refractivity contribution in [1.82, 2.24) is 0 Å².